The van der Waals surface area contributed by atoms with Crippen LogP contribution in [-0.2, 0) is 4.79 Å². The summed E-state index contributed by atoms with van der Waals surface area (Å²) in [6, 6.07) is 9.67. The van der Waals surface area contributed by atoms with Crippen LogP contribution < -0.4 is 10.4 Å². The number of hydrogen-bond donors (Lipinski definition) is 2. The third-order valence-electron chi connectivity index (χ3n) is 4.43. The maximum atomic E-state index is 11.1. The number of hydrogen-bond acceptors (Lipinski definition) is 5. The van der Waals surface area contributed by atoms with Crippen LogP contribution in [-0.4, -0.2) is 54.2 Å². The zero-order chi connectivity index (χ0) is 18.5. The number of hydroxylamine groups is 1. The predicted octanol–water partition coefficient (Wildman–Crippen LogP) is 2.67. The molecule has 2 heterocycles. The van der Waals surface area contributed by atoms with Gasteiger partial charge in [0.25, 0.3) is 5.91 Å². The summed E-state index contributed by atoms with van der Waals surface area (Å²) in [6.07, 6.45) is 4.62. The quantitative estimate of drug-likeness (QED) is 0.490. The number of pyridine rings is 1. The molecule has 0 spiro atoms. The molecule has 1 fully saturated rings. The van der Waals surface area contributed by atoms with Crippen LogP contribution in [0.3, 0.4) is 0 Å². The highest BCUT2D eigenvalue weighted by Crippen LogP contribution is 2.27. The highest BCUT2D eigenvalue weighted by Gasteiger charge is 2.15. The molecule has 0 bridgehead atoms. The molecule has 0 aliphatic carbocycles. The van der Waals surface area contributed by atoms with E-state index in [1.54, 1.807) is 11.6 Å². The van der Waals surface area contributed by atoms with Gasteiger partial charge in [-0.05, 0) is 42.4 Å². The topological polar surface area (TPSA) is 68.7 Å². The second-order valence-electron chi connectivity index (χ2n) is 6.24. The van der Waals surface area contributed by atoms with E-state index in [9.17, 15) is 4.79 Å². The molecule has 0 unspecified atom stereocenters. The smallest absolute Gasteiger partial charge is 0.267 e. The van der Waals surface area contributed by atoms with Gasteiger partial charge in [-0.2, -0.15) is 0 Å². The molecular formula is C19H21ClN4O2. The first-order valence-corrected chi connectivity index (χ1v) is 8.76. The summed E-state index contributed by atoms with van der Waals surface area (Å²) in [5.74, 6) is 0.386. The molecule has 1 saturated heterocycles. The van der Waals surface area contributed by atoms with Crippen molar-refractivity contribution in [1.29, 1.82) is 0 Å². The maximum absolute atomic E-state index is 11.1. The summed E-state index contributed by atoms with van der Waals surface area (Å²) >= 11 is 6.29. The van der Waals surface area contributed by atoms with Crippen molar-refractivity contribution in [2.24, 2.45) is 0 Å². The number of likely N-dealkylation sites (N-methyl/N-ethyl adjacent to an activating group) is 1. The third-order valence-corrected chi connectivity index (χ3v) is 4.76. The number of rotatable bonds is 4. The van der Waals surface area contributed by atoms with Crippen molar-refractivity contribution in [2.45, 2.75) is 0 Å². The number of anilines is 1. The first-order chi connectivity index (χ1) is 12.6. The molecule has 3 rings (SSSR count). The van der Waals surface area contributed by atoms with Crippen LogP contribution in [0.5, 0.6) is 0 Å². The van der Waals surface area contributed by atoms with Gasteiger partial charge in [0.2, 0.25) is 0 Å². The van der Waals surface area contributed by atoms with Crippen molar-refractivity contribution in [3.8, 4) is 11.1 Å². The number of halogens is 1. The molecule has 1 aliphatic rings. The standard InChI is InChI=1S/C19H21ClN4O2/c1-23-8-10-24(11-9-23)18-6-4-16(13-21-18)15-3-2-14(17(20)12-15)5-7-19(25)22-26/h2-7,12-13,26H,8-11H2,1H3,(H,22,25)/b7-5+. The molecule has 1 aromatic carbocycles. The molecule has 26 heavy (non-hydrogen) atoms. The number of carbonyl (C=O) groups is 1. The van der Waals surface area contributed by atoms with Crippen LogP contribution in [0, 0.1) is 0 Å². The number of benzene rings is 1. The van der Waals surface area contributed by atoms with Crippen molar-refractivity contribution in [2.75, 3.05) is 38.1 Å². The lowest BCUT2D eigenvalue weighted by molar-refractivity contribution is -0.124. The summed E-state index contributed by atoms with van der Waals surface area (Å²) in [4.78, 5) is 20.3. The lowest BCUT2D eigenvalue weighted by Crippen LogP contribution is -2.44. The largest absolute Gasteiger partial charge is 0.354 e. The Labute approximate surface area is 157 Å². The van der Waals surface area contributed by atoms with Gasteiger partial charge < -0.3 is 9.80 Å². The lowest BCUT2D eigenvalue weighted by atomic mass is 10.1. The molecule has 0 saturated carbocycles. The van der Waals surface area contributed by atoms with E-state index in [2.05, 4.69) is 21.8 Å². The molecule has 1 aliphatic heterocycles. The Morgan fingerprint density at radius 1 is 1.19 bits per heavy atom. The zero-order valence-electron chi connectivity index (χ0n) is 14.5. The molecule has 0 atom stereocenters. The van der Waals surface area contributed by atoms with Crippen LogP contribution in [0.2, 0.25) is 5.02 Å². The fourth-order valence-electron chi connectivity index (χ4n) is 2.82. The van der Waals surface area contributed by atoms with Crippen LogP contribution in [0.25, 0.3) is 17.2 Å². The minimum atomic E-state index is -0.603. The van der Waals surface area contributed by atoms with Crippen molar-refractivity contribution in [1.82, 2.24) is 15.4 Å². The Balaban J connectivity index is 1.74. The van der Waals surface area contributed by atoms with Crippen molar-refractivity contribution < 1.29 is 10.0 Å². The number of amides is 1. The molecule has 1 aromatic heterocycles. The molecule has 2 aromatic rings. The van der Waals surface area contributed by atoms with E-state index < -0.39 is 5.91 Å². The predicted molar refractivity (Wildman–Crippen MR) is 103 cm³/mol. The highest BCUT2D eigenvalue weighted by atomic mass is 35.5. The Morgan fingerprint density at radius 3 is 2.54 bits per heavy atom. The Bertz CT molecular complexity index is 800. The monoisotopic (exact) mass is 372 g/mol. The van der Waals surface area contributed by atoms with Gasteiger partial charge >= 0.3 is 0 Å². The average Bonchev–Trinajstić information content (AvgIpc) is 2.67. The Morgan fingerprint density at radius 2 is 1.92 bits per heavy atom. The normalized spacial score (nSPS) is 15.4. The second-order valence-corrected chi connectivity index (χ2v) is 6.65. The number of carbonyl (C=O) groups excluding carboxylic acids is 1. The number of nitrogens with zero attached hydrogens (tertiary/aromatic N) is 3. The van der Waals surface area contributed by atoms with Gasteiger partial charge in [-0.25, -0.2) is 10.5 Å². The van der Waals surface area contributed by atoms with Gasteiger partial charge in [0, 0.05) is 49.0 Å². The molecule has 6 nitrogen and oxygen atoms in total. The summed E-state index contributed by atoms with van der Waals surface area (Å²) in [6.45, 7) is 4.05. The summed E-state index contributed by atoms with van der Waals surface area (Å²) < 4.78 is 0. The van der Waals surface area contributed by atoms with Gasteiger partial charge in [0.15, 0.2) is 0 Å². The molecule has 1 amide bonds. The van der Waals surface area contributed by atoms with E-state index in [1.807, 2.05) is 36.5 Å². The molecular weight excluding hydrogens is 352 g/mol. The minimum Gasteiger partial charge on any atom is -0.354 e. The van der Waals surface area contributed by atoms with E-state index in [0.717, 1.165) is 43.1 Å². The maximum Gasteiger partial charge on any atom is 0.267 e. The first-order valence-electron chi connectivity index (χ1n) is 8.38. The molecule has 0 radical (unpaired) electrons. The Hall–Kier alpha value is -2.41. The van der Waals surface area contributed by atoms with Crippen molar-refractivity contribution >= 4 is 29.4 Å². The lowest BCUT2D eigenvalue weighted by Gasteiger charge is -2.33. The van der Waals surface area contributed by atoms with E-state index >= 15 is 0 Å². The molecule has 136 valence electrons. The number of nitrogens with one attached hydrogen (secondary N) is 1. The summed E-state index contributed by atoms with van der Waals surface area (Å²) in [5.41, 5.74) is 4.17. The van der Waals surface area contributed by atoms with Gasteiger partial charge in [-0.3, -0.25) is 10.0 Å². The van der Waals surface area contributed by atoms with E-state index in [-0.39, 0.29) is 0 Å². The first kappa shape index (κ1) is 18.4. The summed E-state index contributed by atoms with van der Waals surface area (Å²) in [5, 5.41) is 9.03. The fraction of sp³-hybridized carbons (Fsp3) is 0.263. The average molecular weight is 373 g/mol. The zero-order valence-corrected chi connectivity index (χ0v) is 15.3. The highest BCUT2D eigenvalue weighted by molar-refractivity contribution is 6.32. The number of aromatic nitrogens is 1. The van der Waals surface area contributed by atoms with Crippen LogP contribution in [0.1, 0.15) is 5.56 Å². The minimum absolute atomic E-state index is 0.521. The molecule has 7 heteroatoms. The van der Waals surface area contributed by atoms with Gasteiger partial charge in [0.05, 0.1) is 0 Å². The fourth-order valence-corrected chi connectivity index (χ4v) is 3.07. The van der Waals surface area contributed by atoms with Crippen LogP contribution in [0.15, 0.2) is 42.6 Å². The van der Waals surface area contributed by atoms with E-state index in [4.69, 9.17) is 16.8 Å². The van der Waals surface area contributed by atoms with E-state index in [0.29, 0.717) is 10.6 Å². The molecule has 2 N–H and O–H groups in total. The van der Waals surface area contributed by atoms with Gasteiger partial charge in [0.1, 0.15) is 5.82 Å². The summed E-state index contributed by atoms with van der Waals surface area (Å²) in [7, 11) is 2.13. The van der Waals surface area contributed by atoms with Gasteiger partial charge in [-0.1, -0.05) is 23.7 Å². The van der Waals surface area contributed by atoms with Crippen molar-refractivity contribution in [3.05, 3.63) is 53.2 Å². The van der Waals surface area contributed by atoms with Crippen LogP contribution >= 0.6 is 11.6 Å². The van der Waals surface area contributed by atoms with E-state index in [1.165, 1.54) is 6.08 Å². The number of piperazine rings is 1. The SMILES string of the molecule is CN1CCN(c2ccc(-c3ccc(/C=C/C(=O)NO)c(Cl)c3)cn2)CC1. The Kier molecular flexibility index (Phi) is 5.88. The van der Waals surface area contributed by atoms with Crippen molar-refractivity contribution in [3.63, 3.8) is 0 Å². The van der Waals surface area contributed by atoms with Crippen LogP contribution in [0.4, 0.5) is 5.82 Å². The third kappa shape index (κ3) is 4.40. The second kappa shape index (κ2) is 8.31. The van der Waals surface area contributed by atoms with Gasteiger partial charge in [-0.15, -0.1) is 0 Å².